The van der Waals surface area contributed by atoms with Gasteiger partial charge in [0.15, 0.2) is 0 Å². The minimum absolute atomic E-state index is 0.586. The minimum Gasteiger partial charge on any atom is -0.494 e. The Morgan fingerprint density at radius 2 is 1.60 bits per heavy atom. The highest BCUT2D eigenvalue weighted by atomic mass is 16.5. The van der Waals surface area contributed by atoms with Gasteiger partial charge in [0, 0.05) is 12.2 Å². The van der Waals surface area contributed by atoms with Gasteiger partial charge in [-0.25, -0.2) is 0 Å². The van der Waals surface area contributed by atoms with E-state index in [1.165, 1.54) is 11.1 Å². The average Bonchev–Trinajstić information content (AvgIpc) is 2.47. The molecule has 0 aliphatic rings. The molecule has 0 radical (unpaired) electrons. The van der Waals surface area contributed by atoms with Gasteiger partial charge < -0.3 is 10.1 Å². The topological polar surface area (TPSA) is 21.3 Å². The van der Waals surface area contributed by atoms with Crippen LogP contribution in [0.1, 0.15) is 37.8 Å². The number of anilines is 1. The van der Waals surface area contributed by atoms with Crippen molar-refractivity contribution in [3.8, 4) is 5.75 Å². The molecule has 0 aliphatic carbocycles. The molecule has 2 aromatic rings. The summed E-state index contributed by atoms with van der Waals surface area (Å²) in [6.07, 6.45) is 0. The molecule has 0 fully saturated rings. The van der Waals surface area contributed by atoms with Crippen molar-refractivity contribution in [2.24, 2.45) is 0 Å². The summed E-state index contributed by atoms with van der Waals surface area (Å²) in [5.74, 6) is 1.50. The Balaban J connectivity index is 1.91. The second kappa shape index (κ2) is 6.99. The molecule has 2 nitrogen and oxygen atoms in total. The number of nitrogens with one attached hydrogen (secondary N) is 1. The number of ether oxygens (including phenoxy) is 1. The van der Waals surface area contributed by atoms with E-state index in [9.17, 15) is 0 Å². The van der Waals surface area contributed by atoms with Gasteiger partial charge in [0.1, 0.15) is 5.75 Å². The lowest BCUT2D eigenvalue weighted by Gasteiger charge is -2.10. The second-order valence-corrected chi connectivity index (χ2v) is 5.21. The van der Waals surface area contributed by atoms with E-state index in [1.54, 1.807) is 0 Å². The van der Waals surface area contributed by atoms with Crippen molar-refractivity contribution in [1.29, 1.82) is 0 Å². The maximum Gasteiger partial charge on any atom is 0.119 e. The molecular formula is C18H23NO. The highest BCUT2D eigenvalue weighted by molar-refractivity contribution is 5.46. The van der Waals surface area contributed by atoms with E-state index in [-0.39, 0.29) is 0 Å². The van der Waals surface area contributed by atoms with Gasteiger partial charge in [-0.15, -0.1) is 0 Å². The third-order valence-electron chi connectivity index (χ3n) is 3.31. The molecule has 106 valence electrons. The third kappa shape index (κ3) is 4.02. The Bertz CT molecular complexity index is 514. The molecule has 0 saturated heterocycles. The smallest absolute Gasteiger partial charge is 0.119 e. The standard InChI is InChI=1S/C18H23NO/c1-4-20-18-11-9-17(10-12-18)19-13-15-5-7-16(8-6-15)14(2)3/h5-12,14,19H,4,13H2,1-3H3. The summed E-state index contributed by atoms with van der Waals surface area (Å²) in [5, 5.41) is 3.42. The van der Waals surface area contributed by atoms with Crippen LogP contribution in [0.3, 0.4) is 0 Å². The molecule has 0 unspecified atom stereocenters. The molecule has 1 N–H and O–H groups in total. The lowest BCUT2D eigenvalue weighted by atomic mass is 10.0. The highest BCUT2D eigenvalue weighted by Gasteiger charge is 1.99. The minimum atomic E-state index is 0.586. The van der Waals surface area contributed by atoms with Crippen LogP contribution in [0.25, 0.3) is 0 Å². The van der Waals surface area contributed by atoms with E-state index in [0.29, 0.717) is 12.5 Å². The van der Waals surface area contributed by atoms with Crippen LogP contribution in [0, 0.1) is 0 Å². The van der Waals surface area contributed by atoms with Crippen molar-refractivity contribution in [2.75, 3.05) is 11.9 Å². The summed E-state index contributed by atoms with van der Waals surface area (Å²) in [4.78, 5) is 0. The van der Waals surface area contributed by atoms with Gasteiger partial charge in [-0.3, -0.25) is 0 Å². The average molecular weight is 269 g/mol. The van der Waals surface area contributed by atoms with Crippen LogP contribution in [0.5, 0.6) is 5.75 Å². The number of rotatable bonds is 6. The molecule has 2 heteroatoms. The van der Waals surface area contributed by atoms with Gasteiger partial charge in [0.25, 0.3) is 0 Å². The Kier molecular flexibility index (Phi) is 5.05. The summed E-state index contributed by atoms with van der Waals surface area (Å²) in [6.45, 7) is 7.97. The van der Waals surface area contributed by atoms with Crippen molar-refractivity contribution in [1.82, 2.24) is 0 Å². The molecule has 0 spiro atoms. The number of benzene rings is 2. The van der Waals surface area contributed by atoms with Crippen LogP contribution in [0.15, 0.2) is 48.5 Å². The van der Waals surface area contributed by atoms with Crippen molar-refractivity contribution < 1.29 is 4.74 Å². The Labute approximate surface area is 121 Å². The van der Waals surface area contributed by atoms with Gasteiger partial charge >= 0.3 is 0 Å². The highest BCUT2D eigenvalue weighted by Crippen LogP contribution is 2.18. The SMILES string of the molecule is CCOc1ccc(NCc2ccc(C(C)C)cc2)cc1. The molecule has 2 rings (SSSR count). The van der Waals surface area contributed by atoms with E-state index < -0.39 is 0 Å². The fraction of sp³-hybridized carbons (Fsp3) is 0.333. The fourth-order valence-electron chi connectivity index (χ4n) is 2.06. The molecule has 0 amide bonds. The van der Waals surface area contributed by atoms with Crippen LogP contribution >= 0.6 is 0 Å². The van der Waals surface area contributed by atoms with E-state index in [1.807, 2.05) is 31.2 Å². The molecule has 0 heterocycles. The first kappa shape index (κ1) is 14.4. The van der Waals surface area contributed by atoms with Gasteiger partial charge in [0.05, 0.1) is 6.61 Å². The molecular weight excluding hydrogens is 246 g/mol. The van der Waals surface area contributed by atoms with E-state index >= 15 is 0 Å². The summed E-state index contributed by atoms with van der Waals surface area (Å²) >= 11 is 0. The van der Waals surface area contributed by atoms with Crippen LogP contribution in [0.2, 0.25) is 0 Å². The molecule has 0 atom stereocenters. The van der Waals surface area contributed by atoms with Crippen molar-refractivity contribution in [3.63, 3.8) is 0 Å². The van der Waals surface area contributed by atoms with Gasteiger partial charge in [-0.05, 0) is 48.2 Å². The van der Waals surface area contributed by atoms with Crippen LogP contribution in [0.4, 0.5) is 5.69 Å². The zero-order chi connectivity index (χ0) is 14.4. The zero-order valence-corrected chi connectivity index (χ0v) is 12.5. The molecule has 2 aromatic carbocycles. The monoisotopic (exact) mass is 269 g/mol. The summed E-state index contributed by atoms with van der Waals surface area (Å²) < 4.78 is 5.43. The predicted molar refractivity (Wildman–Crippen MR) is 85.5 cm³/mol. The summed E-state index contributed by atoms with van der Waals surface area (Å²) in [7, 11) is 0. The maximum atomic E-state index is 5.43. The lowest BCUT2D eigenvalue weighted by molar-refractivity contribution is 0.340. The zero-order valence-electron chi connectivity index (χ0n) is 12.5. The second-order valence-electron chi connectivity index (χ2n) is 5.21. The van der Waals surface area contributed by atoms with Gasteiger partial charge in [-0.1, -0.05) is 38.1 Å². The largest absolute Gasteiger partial charge is 0.494 e. The van der Waals surface area contributed by atoms with E-state index in [4.69, 9.17) is 4.74 Å². The first-order valence-corrected chi connectivity index (χ1v) is 7.24. The first-order valence-electron chi connectivity index (χ1n) is 7.24. The predicted octanol–water partition coefficient (Wildman–Crippen LogP) is 4.82. The Morgan fingerprint density at radius 3 is 2.15 bits per heavy atom. The Morgan fingerprint density at radius 1 is 0.950 bits per heavy atom. The summed E-state index contributed by atoms with van der Waals surface area (Å²) in [5.41, 5.74) is 3.79. The number of hydrogen-bond donors (Lipinski definition) is 1. The van der Waals surface area contributed by atoms with Crippen molar-refractivity contribution in [3.05, 3.63) is 59.7 Å². The molecule has 20 heavy (non-hydrogen) atoms. The van der Waals surface area contributed by atoms with Crippen molar-refractivity contribution >= 4 is 5.69 Å². The van der Waals surface area contributed by atoms with Crippen LogP contribution in [-0.4, -0.2) is 6.61 Å². The lowest BCUT2D eigenvalue weighted by Crippen LogP contribution is -2.00. The first-order chi connectivity index (χ1) is 9.69. The van der Waals surface area contributed by atoms with Crippen LogP contribution < -0.4 is 10.1 Å². The van der Waals surface area contributed by atoms with Crippen LogP contribution in [-0.2, 0) is 6.54 Å². The molecule has 0 bridgehead atoms. The van der Waals surface area contributed by atoms with Crippen molar-refractivity contribution in [2.45, 2.75) is 33.2 Å². The molecule has 0 aromatic heterocycles. The number of hydrogen-bond acceptors (Lipinski definition) is 2. The Hall–Kier alpha value is -1.96. The molecule has 0 saturated carbocycles. The fourth-order valence-corrected chi connectivity index (χ4v) is 2.06. The maximum absolute atomic E-state index is 5.43. The third-order valence-corrected chi connectivity index (χ3v) is 3.31. The quantitative estimate of drug-likeness (QED) is 0.811. The van der Waals surface area contributed by atoms with Gasteiger partial charge in [-0.2, -0.15) is 0 Å². The van der Waals surface area contributed by atoms with Gasteiger partial charge in [0.2, 0.25) is 0 Å². The van der Waals surface area contributed by atoms with E-state index in [0.717, 1.165) is 18.0 Å². The van der Waals surface area contributed by atoms with E-state index in [2.05, 4.69) is 43.4 Å². The normalized spacial score (nSPS) is 10.6. The molecule has 0 aliphatic heterocycles. The summed E-state index contributed by atoms with van der Waals surface area (Å²) in [6, 6.07) is 16.9.